The maximum atomic E-state index is 12.2. The van der Waals surface area contributed by atoms with Gasteiger partial charge in [0.1, 0.15) is 0 Å². The van der Waals surface area contributed by atoms with Crippen LogP contribution in [0.3, 0.4) is 0 Å². The van der Waals surface area contributed by atoms with Crippen LogP contribution in [-0.2, 0) is 11.3 Å². The van der Waals surface area contributed by atoms with E-state index in [0.717, 1.165) is 11.4 Å². The van der Waals surface area contributed by atoms with Crippen LogP contribution in [0.2, 0.25) is 5.02 Å². The fraction of sp³-hybridized carbons (Fsp3) is 0.188. The summed E-state index contributed by atoms with van der Waals surface area (Å²) < 4.78 is 3.42. The van der Waals surface area contributed by atoms with Crippen molar-refractivity contribution in [2.75, 3.05) is 5.32 Å². The molecule has 0 saturated heterocycles. The second-order valence-corrected chi connectivity index (χ2v) is 5.70. The highest BCUT2D eigenvalue weighted by atomic mass is 35.5. The SMILES string of the molecule is C[C@@H](Cn1cc(Cl)cn1)C(=O)Nc1ccc(-n2cccn2)cc1. The van der Waals surface area contributed by atoms with Crippen LogP contribution in [0.5, 0.6) is 0 Å². The Morgan fingerprint density at radius 3 is 2.70 bits per heavy atom. The molecule has 2 aromatic heterocycles. The van der Waals surface area contributed by atoms with E-state index >= 15 is 0 Å². The number of nitrogens with one attached hydrogen (secondary N) is 1. The number of rotatable bonds is 5. The van der Waals surface area contributed by atoms with Crippen LogP contribution in [0, 0.1) is 5.92 Å². The highest BCUT2D eigenvalue weighted by Gasteiger charge is 2.14. The lowest BCUT2D eigenvalue weighted by Crippen LogP contribution is -2.24. The number of carbonyl (C=O) groups is 1. The van der Waals surface area contributed by atoms with Crippen LogP contribution in [0.4, 0.5) is 5.69 Å². The van der Waals surface area contributed by atoms with Gasteiger partial charge in [-0.3, -0.25) is 9.48 Å². The molecular weight excluding hydrogens is 314 g/mol. The maximum absolute atomic E-state index is 12.2. The van der Waals surface area contributed by atoms with Crippen LogP contribution in [0.15, 0.2) is 55.1 Å². The van der Waals surface area contributed by atoms with Gasteiger partial charge in [0.25, 0.3) is 0 Å². The first-order valence-electron chi connectivity index (χ1n) is 7.21. The molecule has 1 N–H and O–H groups in total. The van der Waals surface area contributed by atoms with E-state index in [1.807, 2.05) is 43.5 Å². The van der Waals surface area contributed by atoms with Gasteiger partial charge in [0.2, 0.25) is 5.91 Å². The van der Waals surface area contributed by atoms with Crippen molar-refractivity contribution in [3.8, 4) is 5.69 Å². The lowest BCUT2D eigenvalue weighted by atomic mass is 10.1. The Morgan fingerprint density at radius 2 is 2.09 bits per heavy atom. The molecule has 0 bridgehead atoms. The highest BCUT2D eigenvalue weighted by Crippen LogP contribution is 2.14. The van der Waals surface area contributed by atoms with Gasteiger partial charge >= 0.3 is 0 Å². The third-order valence-electron chi connectivity index (χ3n) is 3.41. The first-order chi connectivity index (χ1) is 11.1. The molecule has 23 heavy (non-hydrogen) atoms. The van der Waals surface area contributed by atoms with Crippen molar-refractivity contribution in [1.29, 1.82) is 0 Å². The van der Waals surface area contributed by atoms with E-state index in [1.54, 1.807) is 28.0 Å². The zero-order valence-electron chi connectivity index (χ0n) is 12.6. The number of anilines is 1. The van der Waals surface area contributed by atoms with Crippen LogP contribution in [0.25, 0.3) is 5.69 Å². The number of amides is 1. The summed E-state index contributed by atoms with van der Waals surface area (Å²) in [4.78, 5) is 12.2. The Labute approximate surface area is 138 Å². The second-order valence-electron chi connectivity index (χ2n) is 5.27. The molecule has 3 rings (SSSR count). The van der Waals surface area contributed by atoms with Crippen LogP contribution in [0.1, 0.15) is 6.92 Å². The molecule has 6 nitrogen and oxygen atoms in total. The van der Waals surface area contributed by atoms with Crippen molar-refractivity contribution < 1.29 is 4.79 Å². The van der Waals surface area contributed by atoms with E-state index in [0.29, 0.717) is 11.6 Å². The quantitative estimate of drug-likeness (QED) is 0.782. The lowest BCUT2D eigenvalue weighted by molar-refractivity contribution is -0.119. The summed E-state index contributed by atoms with van der Waals surface area (Å²) in [5.74, 6) is -0.291. The number of benzene rings is 1. The van der Waals surface area contributed by atoms with Gasteiger partial charge in [-0.1, -0.05) is 18.5 Å². The molecule has 0 unspecified atom stereocenters. The summed E-state index contributed by atoms with van der Waals surface area (Å²) in [5.41, 5.74) is 1.68. The normalized spacial score (nSPS) is 12.1. The van der Waals surface area contributed by atoms with E-state index in [9.17, 15) is 4.79 Å². The lowest BCUT2D eigenvalue weighted by Gasteiger charge is -2.12. The molecule has 1 atom stereocenters. The van der Waals surface area contributed by atoms with Gasteiger partial charge in [-0.25, -0.2) is 4.68 Å². The van der Waals surface area contributed by atoms with Gasteiger partial charge in [-0.2, -0.15) is 10.2 Å². The highest BCUT2D eigenvalue weighted by molar-refractivity contribution is 6.30. The van der Waals surface area contributed by atoms with Crippen molar-refractivity contribution in [2.24, 2.45) is 5.92 Å². The number of carbonyl (C=O) groups excluding carboxylic acids is 1. The average molecular weight is 330 g/mol. The molecule has 7 heteroatoms. The molecule has 0 aliphatic rings. The van der Waals surface area contributed by atoms with Crippen molar-refractivity contribution in [3.05, 3.63) is 60.1 Å². The Hall–Kier alpha value is -2.60. The third kappa shape index (κ3) is 3.78. The van der Waals surface area contributed by atoms with Gasteiger partial charge in [0.15, 0.2) is 0 Å². The maximum Gasteiger partial charge on any atom is 0.229 e. The van der Waals surface area contributed by atoms with Gasteiger partial charge in [0, 0.05) is 24.3 Å². The van der Waals surface area contributed by atoms with Gasteiger partial charge in [-0.05, 0) is 30.3 Å². The molecular formula is C16H16ClN5O. The number of hydrogen-bond acceptors (Lipinski definition) is 3. The number of hydrogen-bond donors (Lipinski definition) is 1. The van der Waals surface area contributed by atoms with E-state index in [-0.39, 0.29) is 11.8 Å². The van der Waals surface area contributed by atoms with Crippen molar-refractivity contribution >= 4 is 23.2 Å². The summed E-state index contributed by atoms with van der Waals surface area (Å²) in [6.07, 6.45) is 6.84. The number of halogens is 1. The monoisotopic (exact) mass is 329 g/mol. The molecule has 0 fully saturated rings. The first-order valence-corrected chi connectivity index (χ1v) is 7.58. The summed E-state index contributed by atoms with van der Waals surface area (Å²) in [5, 5.41) is 11.7. The first kappa shape index (κ1) is 15.3. The second kappa shape index (κ2) is 6.66. The zero-order chi connectivity index (χ0) is 16.2. The molecule has 0 radical (unpaired) electrons. The summed E-state index contributed by atoms with van der Waals surface area (Å²) in [7, 11) is 0. The number of aromatic nitrogens is 4. The molecule has 0 saturated carbocycles. The minimum absolute atomic E-state index is 0.0662. The number of nitrogens with zero attached hydrogens (tertiary/aromatic N) is 4. The Balaban J connectivity index is 1.61. The minimum Gasteiger partial charge on any atom is -0.326 e. The predicted octanol–water partition coefficient (Wildman–Crippen LogP) is 3.00. The average Bonchev–Trinajstić information content (AvgIpc) is 3.20. The van der Waals surface area contributed by atoms with Gasteiger partial charge in [0.05, 0.1) is 29.4 Å². The Morgan fingerprint density at radius 1 is 1.30 bits per heavy atom. The Bertz CT molecular complexity index is 779. The zero-order valence-corrected chi connectivity index (χ0v) is 13.3. The molecule has 1 aromatic carbocycles. The van der Waals surface area contributed by atoms with Gasteiger partial charge in [-0.15, -0.1) is 0 Å². The smallest absolute Gasteiger partial charge is 0.229 e. The largest absolute Gasteiger partial charge is 0.326 e. The molecule has 0 aliphatic heterocycles. The summed E-state index contributed by atoms with van der Waals surface area (Å²) in [6.45, 7) is 2.33. The van der Waals surface area contributed by atoms with E-state index in [2.05, 4.69) is 15.5 Å². The topological polar surface area (TPSA) is 64.7 Å². The molecule has 2 heterocycles. The molecule has 0 aliphatic carbocycles. The van der Waals surface area contributed by atoms with E-state index in [4.69, 9.17) is 11.6 Å². The van der Waals surface area contributed by atoms with Crippen LogP contribution in [-0.4, -0.2) is 25.5 Å². The predicted molar refractivity (Wildman–Crippen MR) is 88.6 cm³/mol. The molecule has 118 valence electrons. The minimum atomic E-state index is -0.225. The van der Waals surface area contributed by atoms with Gasteiger partial charge < -0.3 is 5.32 Å². The summed E-state index contributed by atoms with van der Waals surface area (Å²) >= 11 is 5.82. The molecule has 3 aromatic rings. The summed E-state index contributed by atoms with van der Waals surface area (Å²) in [6, 6.07) is 9.37. The van der Waals surface area contributed by atoms with Crippen molar-refractivity contribution in [2.45, 2.75) is 13.5 Å². The fourth-order valence-electron chi connectivity index (χ4n) is 2.19. The van der Waals surface area contributed by atoms with Crippen LogP contribution >= 0.6 is 11.6 Å². The van der Waals surface area contributed by atoms with E-state index in [1.165, 1.54) is 0 Å². The molecule has 0 spiro atoms. The molecule has 1 amide bonds. The van der Waals surface area contributed by atoms with E-state index < -0.39 is 0 Å². The Kier molecular flexibility index (Phi) is 4.43. The van der Waals surface area contributed by atoms with Crippen molar-refractivity contribution in [1.82, 2.24) is 19.6 Å². The standard InChI is InChI=1S/C16H16ClN5O/c1-12(10-21-11-13(17)9-19-21)16(23)20-14-3-5-15(6-4-14)22-8-2-7-18-22/h2-9,11-12H,10H2,1H3,(H,20,23)/t12-/m0/s1. The van der Waals surface area contributed by atoms with Crippen molar-refractivity contribution in [3.63, 3.8) is 0 Å². The third-order valence-corrected chi connectivity index (χ3v) is 3.61. The van der Waals surface area contributed by atoms with Crippen LogP contribution < -0.4 is 5.32 Å². The fourth-order valence-corrected chi connectivity index (χ4v) is 2.34.